The third-order valence-electron chi connectivity index (χ3n) is 3.27. The number of anilines is 1. The summed E-state index contributed by atoms with van der Waals surface area (Å²) in [5.41, 5.74) is 2.85. The first-order valence-electron chi connectivity index (χ1n) is 6.69. The Kier molecular flexibility index (Phi) is 5.25. The Labute approximate surface area is 135 Å². The molecule has 2 rings (SSSR count). The third kappa shape index (κ3) is 3.14. The summed E-state index contributed by atoms with van der Waals surface area (Å²) in [4.78, 5) is 1.90. The van der Waals surface area contributed by atoms with Crippen LogP contribution in [-0.2, 0) is 0 Å². The zero-order valence-electron chi connectivity index (χ0n) is 12.4. The van der Waals surface area contributed by atoms with Gasteiger partial charge in [-0.1, -0.05) is 42.5 Å². The van der Waals surface area contributed by atoms with Crippen molar-refractivity contribution in [3.05, 3.63) is 70.8 Å². The minimum absolute atomic E-state index is 0.585. The molecule has 0 amide bonds. The minimum Gasteiger partial charge on any atom is -0.337 e. The standard InChI is InChI=1S/C18H15N3S/c1-21(17-11-7-6-10-15(17)12-19)18(22-2)16(13-20)14-8-4-3-5-9-14/h3-11H,1-2H3/b18-16-. The molecule has 3 nitrogen and oxygen atoms in total. The van der Waals surface area contributed by atoms with Gasteiger partial charge in [-0.15, -0.1) is 11.8 Å². The Hall–Kier alpha value is -2.69. The lowest BCUT2D eigenvalue weighted by Gasteiger charge is -2.23. The van der Waals surface area contributed by atoms with Gasteiger partial charge in [0.15, 0.2) is 0 Å². The van der Waals surface area contributed by atoms with Crippen LogP contribution in [-0.4, -0.2) is 13.3 Å². The fourth-order valence-electron chi connectivity index (χ4n) is 2.22. The van der Waals surface area contributed by atoms with Gasteiger partial charge in [-0.3, -0.25) is 0 Å². The average Bonchev–Trinajstić information content (AvgIpc) is 2.59. The molecule has 0 bridgehead atoms. The number of hydrogen-bond acceptors (Lipinski definition) is 4. The predicted octanol–water partition coefficient (Wildman–Crippen LogP) is 4.25. The van der Waals surface area contributed by atoms with Crippen LogP contribution in [0.15, 0.2) is 59.6 Å². The molecular formula is C18H15N3S. The molecule has 0 spiro atoms. The normalized spacial score (nSPS) is 11.1. The van der Waals surface area contributed by atoms with Crippen LogP contribution in [0.1, 0.15) is 11.1 Å². The molecule has 0 aromatic heterocycles. The average molecular weight is 305 g/mol. The number of hydrogen-bond donors (Lipinski definition) is 0. The van der Waals surface area contributed by atoms with E-state index in [1.54, 1.807) is 6.07 Å². The molecule has 0 unspecified atom stereocenters. The topological polar surface area (TPSA) is 50.8 Å². The number of benzene rings is 2. The van der Waals surface area contributed by atoms with Crippen molar-refractivity contribution in [2.45, 2.75) is 0 Å². The van der Waals surface area contributed by atoms with E-state index in [2.05, 4.69) is 12.1 Å². The zero-order chi connectivity index (χ0) is 15.9. The van der Waals surface area contributed by atoms with Crippen molar-refractivity contribution in [2.75, 3.05) is 18.2 Å². The fraction of sp³-hybridized carbons (Fsp3) is 0.111. The number of rotatable bonds is 4. The molecule has 108 valence electrons. The van der Waals surface area contributed by atoms with Gasteiger partial charge in [-0.05, 0) is 24.0 Å². The summed E-state index contributed by atoms with van der Waals surface area (Å²) in [6.07, 6.45) is 1.93. The maximum Gasteiger partial charge on any atom is 0.103 e. The first-order valence-corrected chi connectivity index (χ1v) is 7.92. The Morgan fingerprint density at radius 3 is 2.23 bits per heavy atom. The van der Waals surface area contributed by atoms with E-state index in [1.807, 2.05) is 66.7 Å². The summed E-state index contributed by atoms with van der Waals surface area (Å²) in [5, 5.41) is 19.7. The highest BCUT2D eigenvalue weighted by Gasteiger charge is 2.16. The molecule has 0 atom stereocenters. The van der Waals surface area contributed by atoms with Crippen molar-refractivity contribution in [1.29, 1.82) is 10.5 Å². The second-order valence-corrected chi connectivity index (χ2v) is 5.35. The molecule has 0 N–H and O–H groups in total. The van der Waals surface area contributed by atoms with Gasteiger partial charge in [0.1, 0.15) is 12.1 Å². The lowest BCUT2D eigenvalue weighted by molar-refractivity contribution is 1.18. The predicted molar refractivity (Wildman–Crippen MR) is 92.1 cm³/mol. The van der Waals surface area contributed by atoms with Crippen molar-refractivity contribution in [3.63, 3.8) is 0 Å². The van der Waals surface area contributed by atoms with Gasteiger partial charge in [-0.2, -0.15) is 10.5 Å². The van der Waals surface area contributed by atoms with Crippen LogP contribution >= 0.6 is 11.8 Å². The van der Waals surface area contributed by atoms with Crippen LogP contribution in [0.2, 0.25) is 0 Å². The molecule has 0 aliphatic carbocycles. The summed E-state index contributed by atoms with van der Waals surface area (Å²) in [6.45, 7) is 0. The van der Waals surface area contributed by atoms with Gasteiger partial charge in [0, 0.05) is 7.05 Å². The van der Waals surface area contributed by atoms with E-state index in [4.69, 9.17) is 0 Å². The number of allylic oxidation sites excluding steroid dienone is 1. The van der Waals surface area contributed by atoms with E-state index in [-0.39, 0.29) is 0 Å². The minimum atomic E-state index is 0.585. The Bertz CT molecular complexity index is 767. The molecule has 0 fully saturated rings. The molecule has 22 heavy (non-hydrogen) atoms. The van der Waals surface area contributed by atoms with E-state index >= 15 is 0 Å². The SMILES string of the molecule is CS/C(=C(/C#N)c1ccccc1)N(C)c1ccccc1C#N. The summed E-state index contributed by atoms with van der Waals surface area (Å²) in [5.74, 6) is 0. The van der Waals surface area contributed by atoms with E-state index < -0.39 is 0 Å². The highest BCUT2D eigenvalue weighted by molar-refractivity contribution is 8.02. The quantitative estimate of drug-likeness (QED) is 0.792. The molecule has 0 heterocycles. The lowest BCUT2D eigenvalue weighted by Crippen LogP contribution is -2.17. The first kappa shape index (κ1) is 15.7. The molecule has 2 aromatic rings. The van der Waals surface area contributed by atoms with Crippen LogP contribution < -0.4 is 4.90 Å². The number of para-hydroxylation sites is 1. The second-order valence-electron chi connectivity index (χ2n) is 4.55. The van der Waals surface area contributed by atoms with E-state index in [1.165, 1.54) is 11.8 Å². The number of nitriles is 2. The van der Waals surface area contributed by atoms with E-state index in [0.717, 1.165) is 16.3 Å². The third-order valence-corrected chi connectivity index (χ3v) is 4.14. The van der Waals surface area contributed by atoms with Crippen molar-refractivity contribution >= 4 is 23.0 Å². The van der Waals surface area contributed by atoms with Crippen molar-refractivity contribution in [1.82, 2.24) is 0 Å². The van der Waals surface area contributed by atoms with Crippen LogP contribution in [0.5, 0.6) is 0 Å². The van der Waals surface area contributed by atoms with Crippen molar-refractivity contribution in [2.24, 2.45) is 0 Å². The molecule has 0 aliphatic heterocycles. The maximum absolute atomic E-state index is 9.59. The number of thioether (sulfide) groups is 1. The van der Waals surface area contributed by atoms with Gasteiger partial charge >= 0.3 is 0 Å². The first-order chi connectivity index (χ1) is 10.7. The van der Waals surface area contributed by atoms with Gasteiger partial charge in [-0.25, -0.2) is 0 Å². The Morgan fingerprint density at radius 2 is 1.64 bits per heavy atom. The molecule has 2 aromatic carbocycles. The fourth-order valence-corrected chi connectivity index (χ4v) is 2.96. The van der Waals surface area contributed by atoms with Crippen LogP contribution in [0.25, 0.3) is 5.57 Å². The Morgan fingerprint density at radius 1 is 1.00 bits per heavy atom. The van der Waals surface area contributed by atoms with Gasteiger partial charge in [0.2, 0.25) is 0 Å². The summed E-state index contributed by atoms with van der Waals surface area (Å²) in [6, 6.07) is 21.4. The molecule has 0 aliphatic rings. The Balaban J connectivity index is 2.58. The maximum atomic E-state index is 9.59. The van der Waals surface area contributed by atoms with E-state index in [9.17, 15) is 10.5 Å². The van der Waals surface area contributed by atoms with Crippen molar-refractivity contribution in [3.8, 4) is 12.1 Å². The van der Waals surface area contributed by atoms with Crippen LogP contribution in [0.4, 0.5) is 5.69 Å². The summed E-state index contributed by atoms with van der Waals surface area (Å²) in [7, 11) is 1.88. The van der Waals surface area contributed by atoms with Crippen molar-refractivity contribution < 1.29 is 0 Å². The lowest BCUT2D eigenvalue weighted by atomic mass is 10.1. The zero-order valence-corrected chi connectivity index (χ0v) is 13.3. The van der Waals surface area contributed by atoms with Gasteiger partial charge in [0.25, 0.3) is 0 Å². The molecular weight excluding hydrogens is 290 g/mol. The van der Waals surface area contributed by atoms with E-state index in [0.29, 0.717) is 11.1 Å². The monoisotopic (exact) mass is 305 g/mol. The smallest absolute Gasteiger partial charge is 0.103 e. The summed E-state index contributed by atoms with van der Waals surface area (Å²) >= 11 is 1.49. The van der Waals surface area contributed by atoms with Gasteiger partial charge in [0.05, 0.1) is 21.9 Å². The largest absolute Gasteiger partial charge is 0.337 e. The van der Waals surface area contributed by atoms with Crippen LogP contribution in [0, 0.1) is 22.7 Å². The molecule has 0 saturated carbocycles. The molecule has 4 heteroatoms. The number of nitrogens with zero attached hydrogens (tertiary/aromatic N) is 3. The molecule has 0 radical (unpaired) electrons. The van der Waals surface area contributed by atoms with Crippen LogP contribution in [0.3, 0.4) is 0 Å². The summed E-state index contributed by atoms with van der Waals surface area (Å²) < 4.78 is 0. The molecule has 0 saturated heterocycles. The highest BCUT2D eigenvalue weighted by atomic mass is 32.2. The van der Waals surface area contributed by atoms with Gasteiger partial charge < -0.3 is 4.90 Å². The highest BCUT2D eigenvalue weighted by Crippen LogP contribution is 2.32. The second kappa shape index (κ2) is 7.36.